The molecule has 0 aliphatic heterocycles. The predicted molar refractivity (Wildman–Crippen MR) is 71.8 cm³/mol. The van der Waals surface area contributed by atoms with Crippen LogP contribution in [0.25, 0.3) is 0 Å². The fourth-order valence-electron chi connectivity index (χ4n) is 1.77. The SMILES string of the molecule is CCNC(=O)c1cc(N(CCO)C(C)C)ccn1. The summed E-state index contributed by atoms with van der Waals surface area (Å²) >= 11 is 0. The van der Waals surface area contributed by atoms with Gasteiger partial charge in [0.2, 0.25) is 0 Å². The lowest BCUT2D eigenvalue weighted by Gasteiger charge is -2.28. The number of carbonyl (C=O) groups excluding carboxylic acids is 1. The summed E-state index contributed by atoms with van der Waals surface area (Å²) in [5.41, 5.74) is 1.30. The van der Waals surface area contributed by atoms with Crippen LogP contribution in [0, 0.1) is 0 Å². The minimum absolute atomic E-state index is 0.0803. The van der Waals surface area contributed by atoms with E-state index in [1.165, 1.54) is 0 Å². The van der Waals surface area contributed by atoms with Crippen molar-refractivity contribution in [3.05, 3.63) is 24.0 Å². The number of nitrogens with zero attached hydrogens (tertiary/aromatic N) is 2. The Hall–Kier alpha value is -1.62. The molecule has 0 fully saturated rings. The number of nitrogens with one attached hydrogen (secondary N) is 1. The third-order valence-electron chi connectivity index (χ3n) is 2.61. The Morgan fingerprint density at radius 1 is 1.56 bits per heavy atom. The summed E-state index contributed by atoms with van der Waals surface area (Å²) in [5, 5.41) is 11.8. The molecule has 1 rings (SSSR count). The third kappa shape index (κ3) is 3.70. The number of rotatable bonds is 6. The molecule has 1 heterocycles. The topological polar surface area (TPSA) is 65.5 Å². The second kappa shape index (κ2) is 6.96. The zero-order valence-electron chi connectivity index (χ0n) is 11.2. The zero-order valence-corrected chi connectivity index (χ0v) is 11.2. The van der Waals surface area contributed by atoms with Crippen molar-refractivity contribution < 1.29 is 9.90 Å². The van der Waals surface area contributed by atoms with Crippen LogP contribution in [0.2, 0.25) is 0 Å². The van der Waals surface area contributed by atoms with Gasteiger partial charge in [-0.05, 0) is 32.9 Å². The van der Waals surface area contributed by atoms with Crippen molar-refractivity contribution in [3.63, 3.8) is 0 Å². The van der Waals surface area contributed by atoms with Crippen molar-refractivity contribution in [3.8, 4) is 0 Å². The van der Waals surface area contributed by atoms with Crippen LogP contribution in [0.5, 0.6) is 0 Å². The number of hydrogen-bond acceptors (Lipinski definition) is 4. The first-order valence-corrected chi connectivity index (χ1v) is 6.21. The largest absolute Gasteiger partial charge is 0.395 e. The molecule has 0 saturated carbocycles. The predicted octanol–water partition coefficient (Wildman–Crippen LogP) is 1.04. The average Bonchev–Trinajstić information content (AvgIpc) is 2.36. The molecule has 0 spiro atoms. The normalized spacial score (nSPS) is 10.5. The molecule has 2 N–H and O–H groups in total. The van der Waals surface area contributed by atoms with Gasteiger partial charge < -0.3 is 15.3 Å². The van der Waals surface area contributed by atoms with Crippen LogP contribution in [0.15, 0.2) is 18.3 Å². The zero-order chi connectivity index (χ0) is 13.5. The molecule has 0 saturated heterocycles. The van der Waals surface area contributed by atoms with Crippen molar-refractivity contribution >= 4 is 11.6 Å². The number of amides is 1. The summed E-state index contributed by atoms with van der Waals surface area (Å²) in [6.07, 6.45) is 1.62. The van der Waals surface area contributed by atoms with Gasteiger partial charge in [0.05, 0.1) is 6.61 Å². The minimum atomic E-state index is -0.174. The summed E-state index contributed by atoms with van der Waals surface area (Å²) in [7, 11) is 0. The van der Waals surface area contributed by atoms with Crippen molar-refractivity contribution in [2.75, 3.05) is 24.6 Å². The van der Waals surface area contributed by atoms with E-state index in [9.17, 15) is 4.79 Å². The molecule has 0 bridgehead atoms. The number of carbonyl (C=O) groups is 1. The number of anilines is 1. The lowest BCUT2D eigenvalue weighted by Crippen LogP contribution is -2.33. The van der Waals surface area contributed by atoms with Gasteiger partial charge in [-0.1, -0.05) is 0 Å². The molecule has 100 valence electrons. The van der Waals surface area contributed by atoms with Gasteiger partial charge in [0.1, 0.15) is 5.69 Å². The first-order chi connectivity index (χ1) is 8.60. The van der Waals surface area contributed by atoms with Crippen molar-refractivity contribution in [2.24, 2.45) is 0 Å². The summed E-state index contributed by atoms with van der Waals surface area (Å²) in [6.45, 7) is 7.15. The van der Waals surface area contributed by atoms with Crippen LogP contribution in [0.1, 0.15) is 31.3 Å². The van der Waals surface area contributed by atoms with Crippen LogP contribution >= 0.6 is 0 Å². The summed E-state index contributed by atoms with van der Waals surface area (Å²) in [5.74, 6) is -0.174. The van der Waals surface area contributed by atoms with E-state index in [-0.39, 0.29) is 18.6 Å². The Labute approximate surface area is 108 Å². The van der Waals surface area contributed by atoms with Crippen molar-refractivity contribution in [1.29, 1.82) is 0 Å². The molecule has 18 heavy (non-hydrogen) atoms. The molecule has 0 aromatic carbocycles. The molecule has 0 radical (unpaired) electrons. The second-order valence-electron chi connectivity index (χ2n) is 4.27. The highest BCUT2D eigenvalue weighted by molar-refractivity contribution is 5.93. The fourth-order valence-corrected chi connectivity index (χ4v) is 1.77. The molecule has 1 aromatic heterocycles. The van der Waals surface area contributed by atoms with Gasteiger partial charge in [0.25, 0.3) is 5.91 Å². The standard InChI is InChI=1S/C13H21N3O2/c1-4-14-13(18)12-9-11(5-6-15-12)16(7-8-17)10(2)3/h5-6,9-10,17H,4,7-8H2,1-3H3,(H,14,18). The summed E-state index contributed by atoms with van der Waals surface area (Å²) in [4.78, 5) is 17.8. The van der Waals surface area contributed by atoms with Gasteiger partial charge >= 0.3 is 0 Å². The van der Waals surface area contributed by atoms with E-state index in [0.717, 1.165) is 5.69 Å². The fraction of sp³-hybridized carbons (Fsp3) is 0.538. The molecule has 0 unspecified atom stereocenters. The Bertz CT molecular complexity index is 394. The van der Waals surface area contributed by atoms with Crippen LogP contribution < -0.4 is 10.2 Å². The molecule has 0 atom stereocenters. The van der Waals surface area contributed by atoms with Crippen molar-refractivity contribution in [1.82, 2.24) is 10.3 Å². The van der Waals surface area contributed by atoms with Crippen LogP contribution in [-0.4, -0.2) is 41.7 Å². The van der Waals surface area contributed by atoms with Gasteiger partial charge in [-0.15, -0.1) is 0 Å². The van der Waals surface area contributed by atoms with Crippen LogP contribution in [0.3, 0.4) is 0 Å². The van der Waals surface area contributed by atoms with Gasteiger partial charge in [-0.3, -0.25) is 9.78 Å². The van der Waals surface area contributed by atoms with Crippen LogP contribution in [-0.2, 0) is 0 Å². The number of pyridine rings is 1. The van der Waals surface area contributed by atoms with E-state index in [4.69, 9.17) is 5.11 Å². The Kier molecular flexibility index (Phi) is 5.58. The maximum Gasteiger partial charge on any atom is 0.269 e. The molecule has 5 nitrogen and oxygen atoms in total. The lowest BCUT2D eigenvalue weighted by atomic mass is 10.2. The first-order valence-electron chi connectivity index (χ1n) is 6.21. The molecule has 1 aromatic rings. The Morgan fingerprint density at radius 3 is 2.83 bits per heavy atom. The molecule has 0 aliphatic carbocycles. The number of aromatic nitrogens is 1. The molecular weight excluding hydrogens is 230 g/mol. The van der Waals surface area contributed by atoms with E-state index in [1.807, 2.05) is 31.7 Å². The van der Waals surface area contributed by atoms with E-state index in [1.54, 1.807) is 12.3 Å². The smallest absolute Gasteiger partial charge is 0.269 e. The Balaban J connectivity index is 2.95. The van der Waals surface area contributed by atoms with Gasteiger partial charge in [0, 0.05) is 31.0 Å². The highest BCUT2D eigenvalue weighted by Crippen LogP contribution is 2.17. The molecule has 1 amide bonds. The van der Waals surface area contributed by atoms with Crippen molar-refractivity contribution in [2.45, 2.75) is 26.8 Å². The number of hydrogen-bond donors (Lipinski definition) is 2. The third-order valence-corrected chi connectivity index (χ3v) is 2.61. The first kappa shape index (κ1) is 14.4. The quantitative estimate of drug-likeness (QED) is 0.793. The van der Waals surface area contributed by atoms with Gasteiger partial charge in [0.15, 0.2) is 0 Å². The highest BCUT2D eigenvalue weighted by Gasteiger charge is 2.13. The maximum absolute atomic E-state index is 11.7. The van der Waals surface area contributed by atoms with Gasteiger partial charge in [-0.2, -0.15) is 0 Å². The van der Waals surface area contributed by atoms with E-state index in [2.05, 4.69) is 10.3 Å². The number of aliphatic hydroxyl groups is 1. The Morgan fingerprint density at radius 2 is 2.28 bits per heavy atom. The van der Waals surface area contributed by atoms with Crippen LogP contribution in [0.4, 0.5) is 5.69 Å². The second-order valence-corrected chi connectivity index (χ2v) is 4.27. The molecule has 0 aliphatic rings. The monoisotopic (exact) mass is 251 g/mol. The highest BCUT2D eigenvalue weighted by atomic mass is 16.3. The minimum Gasteiger partial charge on any atom is -0.395 e. The van der Waals surface area contributed by atoms with Gasteiger partial charge in [-0.25, -0.2) is 0 Å². The molecular formula is C13H21N3O2. The number of aliphatic hydroxyl groups excluding tert-OH is 1. The average molecular weight is 251 g/mol. The van der Waals surface area contributed by atoms with E-state index >= 15 is 0 Å². The van der Waals surface area contributed by atoms with E-state index in [0.29, 0.717) is 18.8 Å². The lowest BCUT2D eigenvalue weighted by molar-refractivity contribution is 0.0951. The molecule has 5 heteroatoms. The summed E-state index contributed by atoms with van der Waals surface area (Å²) in [6, 6.07) is 3.85. The van der Waals surface area contributed by atoms with E-state index < -0.39 is 0 Å². The summed E-state index contributed by atoms with van der Waals surface area (Å²) < 4.78 is 0. The maximum atomic E-state index is 11.7.